The number of rotatable bonds is 9. The summed E-state index contributed by atoms with van der Waals surface area (Å²) in [6, 6.07) is 6.39. The summed E-state index contributed by atoms with van der Waals surface area (Å²) in [5.41, 5.74) is 0.592. The van der Waals surface area contributed by atoms with E-state index in [1.54, 1.807) is 18.2 Å². The van der Waals surface area contributed by atoms with E-state index in [0.717, 1.165) is 49.7 Å². The van der Waals surface area contributed by atoms with Crippen LogP contribution in [0.5, 0.6) is 5.75 Å². The van der Waals surface area contributed by atoms with E-state index in [2.05, 4.69) is 25.7 Å². The molecule has 0 heterocycles. The highest BCUT2D eigenvalue weighted by atomic mass is 19.1. The number of benzene rings is 2. The standard InChI is InChI=1S/C32H37F3O2/c1-3-5-7-8-21-10-11-23-17-24(13-12-22(23)16-21)27-15-14-25(18-29(27)33)32(36)37-26-19-30(34)28(9-6-4-2)31(35)20-26/h3-5,14-15,18-24H,2,6-13,16-17H2,1H3/b5-3+. The molecule has 0 spiro atoms. The van der Waals surface area contributed by atoms with Gasteiger partial charge in [0, 0.05) is 17.7 Å². The Morgan fingerprint density at radius 2 is 1.70 bits per heavy atom. The number of ether oxygens (including phenoxy) is 1. The molecule has 0 amide bonds. The van der Waals surface area contributed by atoms with Gasteiger partial charge in [-0.25, -0.2) is 18.0 Å². The molecular weight excluding hydrogens is 473 g/mol. The SMILES string of the molecule is C=CCCc1c(F)cc(OC(=O)c2ccc(C3CCC4CC(CC/C=C/C)CCC4C3)c(F)c2)cc1F. The molecule has 0 aromatic heterocycles. The largest absolute Gasteiger partial charge is 0.423 e. The van der Waals surface area contributed by atoms with Crippen LogP contribution in [0, 0.1) is 35.2 Å². The van der Waals surface area contributed by atoms with E-state index in [-0.39, 0.29) is 29.2 Å². The summed E-state index contributed by atoms with van der Waals surface area (Å²) in [5.74, 6) is -0.743. The van der Waals surface area contributed by atoms with Gasteiger partial charge in [-0.05, 0) is 106 Å². The second kappa shape index (κ2) is 12.6. The molecule has 0 saturated heterocycles. The maximum absolute atomic E-state index is 15.2. The molecule has 0 N–H and O–H groups in total. The van der Waals surface area contributed by atoms with Gasteiger partial charge in [-0.15, -0.1) is 6.58 Å². The van der Waals surface area contributed by atoms with Crippen molar-refractivity contribution < 1.29 is 22.7 Å². The number of hydrogen-bond acceptors (Lipinski definition) is 2. The van der Waals surface area contributed by atoms with Crippen LogP contribution in [0.1, 0.15) is 92.1 Å². The van der Waals surface area contributed by atoms with E-state index in [1.807, 2.05) is 0 Å². The molecule has 4 atom stereocenters. The molecule has 2 aliphatic carbocycles. The lowest BCUT2D eigenvalue weighted by atomic mass is 9.63. The van der Waals surface area contributed by atoms with E-state index in [1.165, 1.54) is 31.7 Å². The predicted octanol–water partition coefficient (Wildman–Crippen LogP) is 9.10. The second-order valence-electron chi connectivity index (χ2n) is 10.7. The third-order valence-electron chi connectivity index (χ3n) is 8.30. The highest BCUT2D eigenvalue weighted by Gasteiger charge is 2.36. The summed E-state index contributed by atoms with van der Waals surface area (Å²) < 4.78 is 48.9. The van der Waals surface area contributed by atoms with E-state index in [0.29, 0.717) is 17.9 Å². The summed E-state index contributed by atoms with van der Waals surface area (Å²) in [6.45, 7) is 5.62. The topological polar surface area (TPSA) is 26.3 Å². The molecule has 0 aliphatic heterocycles. The van der Waals surface area contributed by atoms with Crippen molar-refractivity contribution in [2.24, 2.45) is 17.8 Å². The molecule has 2 aromatic rings. The van der Waals surface area contributed by atoms with Crippen LogP contribution in [-0.4, -0.2) is 5.97 Å². The number of hydrogen-bond donors (Lipinski definition) is 0. The van der Waals surface area contributed by atoms with Crippen LogP contribution in [0.3, 0.4) is 0 Å². The maximum atomic E-state index is 15.2. The Bertz CT molecular complexity index is 1120. The van der Waals surface area contributed by atoms with E-state index >= 15 is 4.39 Å². The molecule has 4 unspecified atom stereocenters. The third kappa shape index (κ3) is 6.74. The minimum atomic E-state index is -0.844. The van der Waals surface area contributed by atoms with Gasteiger partial charge in [0.25, 0.3) is 0 Å². The van der Waals surface area contributed by atoms with Crippen LogP contribution >= 0.6 is 0 Å². The molecule has 5 heteroatoms. The van der Waals surface area contributed by atoms with Gasteiger partial charge in [-0.2, -0.15) is 0 Å². The molecule has 2 saturated carbocycles. The minimum Gasteiger partial charge on any atom is -0.423 e. The third-order valence-corrected chi connectivity index (χ3v) is 8.30. The van der Waals surface area contributed by atoms with Crippen LogP contribution in [0.25, 0.3) is 0 Å². The smallest absolute Gasteiger partial charge is 0.343 e. The number of carbonyl (C=O) groups is 1. The van der Waals surface area contributed by atoms with Crippen LogP contribution < -0.4 is 4.74 Å². The van der Waals surface area contributed by atoms with Gasteiger partial charge >= 0.3 is 5.97 Å². The normalized spacial score (nSPS) is 23.6. The van der Waals surface area contributed by atoms with Crippen molar-refractivity contribution in [1.82, 2.24) is 0 Å². The zero-order valence-corrected chi connectivity index (χ0v) is 21.7. The lowest BCUT2D eigenvalue weighted by Gasteiger charge is -2.42. The number of halogens is 3. The Labute approximate surface area is 218 Å². The van der Waals surface area contributed by atoms with Crippen molar-refractivity contribution >= 4 is 5.97 Å². The summed E-state index contributed by atoms with van der Waals surface area (Å²) in [6.07, 6.45) is 15.8. The Balaban J connectivity index is 1.37. The Hall–Kier alpha value is -2.82. The first kappa shape index (κ1) is 27.2. The molecule has 198 valence electrons. The van der Waals surface area contributed by atoms with Crippen molar-refractivity contribution in [2.75, 3.05) is 0 Å². The zero-order chi connectivity index (χ0) is 26.4. The average molecular weight is 511 g/mol. The van der Waals surface area contributed by atoms with Gasteiger partial charge in [-0.3, -0.25) is 0 Å². The van der Waals surface area contributed by atoms with Crippen LogP contribution in [0.4, 0.5) is 13.2 Å². The van der Waals surface area contributed by atoms with Crippen molar-refractivity contribution in [3.63, 3.8) is 0 Å². The van der Waals surface area contributed by atoms with Gasteiger partial charge in [-0.1, -0.05) is 30.7 Å². The average Bonchev–Trinajstić information content (AvgIpc) is 2.88. The van der Waals surface area contributed by atoms with Gasteiger partial charge in [0.15, 0.2) is 0 Å². The molecule has 37 heavy (non-hydrogen) atoms. The minimum absolute atomic E-state index is 0.0214. The molecule has 0 radical (unpaired) electrons. The first-order valence-electron chi connectivity index (χ1n) is 13.6. The Morgan fingerprint density at radius 1 is 0.973 bits per heavy atom. The summed E-state index contributed by atoms with van der Waals surface area (Å²) in [7, 11) is 0. The van der Waals surface area contributed by atoms with Crippen LogP contribution in [0.15, 0.2) is 55.1 Å². The van der Waals surface area contributed by atoms with E-state index in [9.17, 15) is 13.6 Å². The number of esters is 1. The molecular formula is C32H37F3O2. The number of fused-ring (bicyclic) bond motifs is 1. The van der Waals surface area contributed by atoms with Gasteiger partial charge in [0.1, 0.15) is 23.2 Å². The van der Waals surface area contributed by atoms with Crippen molar-refractivity contribution in [3.05, 3.63) is 89.3 Å². The van der Waals surface area contributed by atoms with E-state index < -0.39 is 23.4 Å². The predicted molar refractivity (Wildman–Crippen MR) is 141 cm³/mol. The molecule has 2 aliphatic rings. The fourth-order valence-electron chi connectivity index (χ4n) is 6.30. The van der Waals surface area contributed by atoms with E-state index in [4.69, 9.17) is 4.74 Å². The monoisotopic (exact) mass is 510 g/mol. The highest BCUT2D eigenvalue weighted by Crippen LogP contribution is 2.48. The first-order chi connectivity index (χ1) is 17.9. The molecule has 2 aromatic carbocycles. The van der Waals surface area contributed by atoms with Crippen molar-refractivity contribution in [3.8, 4) is 5.75 Å². The van der Waals surface area contributed by atoms with Crippen molar-refractivity contribution in [1.29, 1.82) is 0 Å². The van der Waals surface area contributed by atoms with Crippen molar-refractivity contribution in [2.45, 2.75) is 77.0 Å². The molecule has 4 rings (SSSR count). The molecule has 2 nitrogen and oxygen atoms in total. The Morgan fingerprint density at radius 3 is 2.41 bits per heavy atom. The summed E-state index contributed by atoms with van der Waals surface area (Å²) >= 11 is 0. The Kier molecular flexibility index (Phi) is 9.28. The quantitative estimate of drug-likeness (QED) is 0.191. The summed E-state index contributed by atoms with van der Waals surface area (Å²) in [4.78, 5) is 12.6. The fraction of sp³-hybridized carbons (Fsp3) is 0.469. The van der Waals surface area contributed by atoms with Gasteiger partial charge in [0.05, 0.1) is 5.56 Å². The second-order valence-corrected chi connectivity index (χ2v) is 10.7. The number of allylic oxidation sites excluding steroid dienone is 3. The van der Waals surface area contributed by atoms with Crippen LogP contribution in [0.2, 0.25) is 0 Å². The highest BCUT2D eigenvalue weighted by molar-refractivity contribution is 5.91. The summed E-state index contributed by atoms with van der Waals surface area (Å²) in [5, 5.41) is 0. The lowest BCUT2D eigenvalue weighted by Crippen LogP contribution is -2.30. The molecule has 2 fully saturated rings. The molecule has 0 bridgehead atoms. The fourth-order valence-corrected chi connectivity index (χ4v) is 6.30. The maximum Gasteiger partial charge on any atom is 0.343 e. The van der Waals surface area contributed by atoms with Gasteiger partial charge < -0.3 is 4.74 Å². The lowest BCUT2D eigenvalue weighted by molar-refractivity contribution is 0.0733. The number of carbonyl (C=O) groups excluding carboxylic acids is 1. The first-order valence-corrected chi connectivity index (χ1v) is 13.6. The van der Waals surface area contributed by atoms with Gasteiger partial charge in [0.2, 0.25) is 0 Å². The zero-order valence-electron chi connectivity index (χ0n) is 21.7. The van der Waals surface area contributed by atoms with Crippen LogP contribution in [-0.2, 0) is 6.42 Å².